The number of pyridine rings is 1. The van der Waals surface area contributed by atoms with Crippen molar-refractivity contribution >= 4 is 0 Å². The minimum atomic E-state index is 0. The van der Waals surface area contributed by atoms with E-state index in [4.69, 9.17) is 15.0 Å². The molecule has 3 rings (SSSR count). The summed E-state index contributed by atoms with van der Waals surface area (Å²) in [6, 6.07) is 5.69. The maximum atomic E-state index is 4.79. The lowest BCUT2D eigenvalue weighted by molar-refractivity contribution is 0.695. The molecule has 31 heavy (non-hydrogen) atoms. The zero-order valence-corrected chi connectivity index (χ0v) is 19.7. The molecule has 0 aromatic carbocycles. The smallest absolute Gasteiger partial charge is 0.200 e. The third-order valence-corrected chi connectivity index (χ3v) is 4.88. The van der Waals surface area contributed by atoms with Crippen LogP contribution in [-0.4, -0.2) is 40.8 Å². The molecule has 3 aromatic heterocycles. The predicted molar refractivity (Wildman–Crippen MR) is 122 cm³/mol. The highest BCUT2D eigenvalue weighted by Crippen LogP contribution is 2.26. The molecule has 0 fully saturated rings. The van der Waals surface area contributed by atoms with Gasteiger partial charge in [-0.3, -0.25) is 0 Å². The van der Waals surface area contributed by atoms with Crippen LogP contribution in [0.3, 0.4) is 0 Å². The Morgan fingerprint density at radius 1 is 0.484 bits per heavy atom. The molecule has 8 nitrogen and oxygen atoms in total. The van der Waals surface area contributed by atoms with Gasteiger partial charge in [-0.15, -0.1) is 10.2 Å². The van der Waals surface area contributed by atoms with Gasteiger partial charge in [0, 0.05) is 0 Å². The molecule has 0 aliphatic carbocycles. The highest BCUT2D eigenvalue weighted by molar-refractivity contribution is 5.57. The highest BCUT2D eigenvalue weighted by Gasteiger charge is 2.19. The van der Waals surface area contributed by atoms with Crippen LogP contribution in [0.4, 0.5) is 0 Å². The first kappa shape index (κ1) is 24.4. The fourth-order valence-corrected chi connectivity index (χ4v) is 3.27. The van der Waals surface area contributed by atoms with E-state index >= 15 is 0 Å². The van der Waals surface area contributed by atoms with Crippen LogP contribution in [-0.2, 0) is 0 Å². The summed E-state index contributed by atoms with van der Waals surface area (Å²) in [6.45, 7) is 16.9. The molecule has 3 heterocycles. The Morgan fingerprint density at radius 3 is 1.16 bits per heavy atom. The Morgan fingerprint density at radius 2 is 0.839 bits per heavy atom. The molecule has 0 atom stereocenters. The molecule has 0 spiro atoms. The standard InChI is InChI=1S/C23H31N7.H2O/c1-12(2)18-20(14(5)6)27-29-22(25-18)16-10-9-11-17(24-16)23-26-19(13(3)4)21(15(7)8)28-30-23;/h9-15H,1-8H3;1H2. The van der Waals surface area contributed by atoms with Gasteiger partial charge < -0.3 is 5.48 Å². The summed E-state index contributed by atoms with van der Waals surface area (Å²) in [6.07, 6.45) is 0. The molecule has 0 amide bonds. The molecule has 0 aliphatic heterocycles. The molecule has 0 saturated heterocycles. The first-order chi connectivity index (χ1) is 14.2. The van der Waals surface area contributed by atoms with Gasteiger partial charge >= 0.3 is 0 Å². The van der Waals surface area contributed by atoms with Crippen LogP contribution in [0.25, 0.3) is 23.0 Å². The minimum Gasteiger partial charge on any atom is -0.412 e. The van der Waals surface area contributed by atoms with Gasteiger partial charge in [-0.1, -0.05) is 61.5 Å². The van der Waals surface area contributed by atoms with Crippen molar-refractivity contribution in [3.63, 3.8) is 0 Å². The fraction of sp³-hybridized carbons (Fsp3) is 0.522. The predicted octanol–water partition coefficient (Wildman–Crippen LogP) is 4.45. The Hall–Kier alpha value is -2.87. The molecule has 0 aliphatic rings. The average molecular weight is 424 g/mol. The summed E-state index contributed by atoms with van der Waals surface area (Å²) >= 11 is 0. The second-order valence-corrected chi connectivity index (χ2v) is 8.84. The minimum absolute atomic E-state index is 0. The Bertz CT molecular complexity index is 953. The molecule has 8 heteroatoms. The van der Waals surface area contributed by atoms with Gasteiger partial charge in [-0.25, -0.2) is 15.0 Å². The van der Waals surface area contributed by atoms with Gasteiger partial charge in [-0.05, 0) is 35.8 Å². The van der Waals surface area contributed by atoms with Crippen LogP contribution in [0.1, 0.15) is 102 Å². The van der Waals surface area contributed by atoms with E-state index in [1.165, 1.54) is 0 Å². The first-order valence-electron chi connectivity index (χ1n) is 10.7. The topological polar surface area (TPSA) is 122 Å². The van der Waals surface area contributed by atoms with Crippen molar-refractivity contribution in [2.24, 2.45) is 0 Å². The lowest BCUT2D eigenvalue weighted by atomic mass is 10.0. The normalized spacial score (nSPS) is 11.5. The summed E-state index contributed by atoms with van der Waals surface area (Å²) in [4.78, 5) is 14.3. The van der Waals surface area contributed by atoms with Crippen molar-refractivity contribution in [2.75, 3.05) is 0 Å². The van der Waals surface area contributed by atoms with E-state index in [1.807, 2.05) is 18.2 Å². The molecule has 0 radical (unpaired) electrons. The molecule has 166 valence electrons. The van der Waals surface area contributed by atoms with Crippen molar-refractivity contribution in [1.82, 2.24) is 35.3 Å². The fourth-order valence-electron chi connectivity index (χ4n) is 3.27. The second kappa shape index (κ2) is 9.96. The molecule has 2 N–H and O–H groups in total. The molecule has 0 unspecified atom stereocenters. The van der Waals surface area contributed by atoms with Crippen LogP contribution in [0.2, 0.25) is 0 Å². The number of aromatic nitrogens is 7. The number of hydrogen-bond acceptors (Lipinski definition) is 7. The summed E-state index contributed by atoms with van der Waals surface area (Å²) < 4.78 is 0. The highest BCUT2D eigenvalue weighted by atomic mass is 16.0. The number of hydrogen-bond donors (Lipinski definition) is 0. The van der Waals surface area contributed by atoms with Gasteiger partial charge in [0.2, 0.25) is 11.6 Å². The van der Waals surface area contributed by atoms with Crippen LogP contribution >= 0.6 is 0 Å². The molecule has 0 bridgehead atoms. The third kappa shape index (κ3) is 5.25. The monoisotopic (exact) mass is 423 g/mol. The van der Waals surface area contributed by atoms with Gasteiger partial charge in [0.1, 0.15) is 11.4 Å². The molecular weight excluding hydrogens is 390 g/mol. The Balaban J connectivity index is 0.00000341. The van der Waals surface area contributed by atoms with Crippen molar-refractivity contribution in [3.05, 3.63) is 41.0 Å². The number of nitrogens with zero attached hydrogens (tertiary/aromatic N) is 7. The van der Waals surface area contributed by atoms with Gasteiger partial charge in [0.15, 0.2) is 0 Å². The SMILES string of the molecule is CC(C)c1nnc(-c2cccc(-c3nnc(C(C)C)c(C(C)C)n3)n2)nc1C(C)C.O. The van der Waals surface area contributed by atoms with E-state index in [1.54, 1.807) is 0 Å². The van der Waals surface area contributed by atoms with Crippen molar-refractivity contribution in [1.29, 1.82) is 0 Å². The maximum absolute atomic E-state index is 4.79. The molecule has 3 aromatic rings. The summed E-state index contributed by atoms with van der Waals surface area (Å²) in [5.74, 6) is 2.07. The summed E-state index contributed by atoms with van der Waals surface area (Å²) in [5.41, 5.74) is 5.10. The second-order valence-electron chi connectivity index (χ2n) is 8.84. The first-order valence-corrected chi connectivity index (χ1v) is 10.7. The van der Waals surface area contributed by atoms with Crippen LogP contribution in [0.15, 0.2) is 18.2 Å². The van der Waals surface area contributed by atoms with Crippen molar-refractivity contribution in [3.8, 4) is 23.0 Å². The average Bonchev–Trinajstić information content (AvgIpc) is 2.72. The van der Waals surface area contributed by atoms with E-state index in [2.05, 4.69) is 75.8 Å². The van der Waals surface area contributed by atoms with Crippen LogP contribution < -0.4 is 0 Å². The van der Waals surface area contributed by atoms with Crippen molar-refractivity contribution in [2.45, 2.75) is 79.1 Å². The van der Waals surface area contributed by atoms with E-state index in [-0.39, 0.29) is 29.1 Å². The van der Waals surface area contributed by atoms with Crippen molar-refractivity contribution < 1.29 is 5.48 Å². The largest absolute Gasteiger partial charge is 0.412 e. The Labute approximate surface area is 184 Å². The third-order valence-electron chi connectivity index (χ3n) is 4.88. The number of rotatable bonds is 6. The van der Waals surface area contributed by atoms with E-state index in [0.717, 1.165) is 22.8 Å². The quantitative estimate of drug-likeness (QED) is 0.574. The summed E-state index contributed by atoms with van der Waals surface area (Å²) in [7, 11) is 0. The van der Waals surface area contributed by atoms with Gasteiger partial charge in [0.25, 0.3) is 0 Å². The maximum Gasteiger partial charge on any atom is 0.200 e. The van der Waals surface area contributed by atoms with Crippen LogP contribution in [0.5, 0.6) is 0 Å². The van der Waals surface area contributed by atoms with E-state index in [9.17, 15) is 0 Å². The zero-order chi connectivity index (χ0) is 22.0. The van der Waals surface area contributed by atoms with E-state index < -0.39 is 0 Å². The summed E-state index contributed by atoms with van der Waals surface area (Å²) in [5, 5.41) is 17.6. The van der Waals surface area contributed by atoms with E-state index in [0.29, 0.717) is 23.0 Å². The Kier molecular flexibility index (Phi) is 7.84. The van der Waals surface area contributed by atoms with Gasteiger partial charge in [0.05, 0.1) is 22.8 Å². The lowest BCUT2D eigenvalue weighted by Crippen LogP contribution is -2.10. The molecular formula is C23H33N7O. The lowest BCUT2D eigenvalue weighted by Gasteiger charge is -2.14. The van der Waals surface area contributed by atoms with Gasteiger partial charge in [-0.2, -0.15) is 10.2 Å². The van der Waals surface area contributed by atoms with Crippen LogP contribution in [0, 0.1) is 0 Å². The zero-order valence-electron chi connectivity index (χ0n) is 19.7. The molecule has 0 saturated carbocycles.